The van der Waals surface area contributed by atoms with Crippen molar-refractivity contribution < 1.29 is 9.47 Å². The van der Waals surface area contributed by atoms with Crippen molar-refractivity contribution in [3.63, 3.8) is 0 Å². The Hall–Kier alpha value is -1.01. The molecule has 3 aliphatic rings. The van der Waals surface area contributed by atoms with Gasteiger partial charge in [0.05, 0.1) is 26.0 Å². The minimum Gasteiger partial charge on any atom is -0.495 e. The van der Waals surface area contributed by atoms with E-state index in [-0.39, 0.29) is 12.4 Å². The number of nitrogens with one attached hydrogen (secondary N) is 2. The molecule has 1 aromatic rings. The lowest BCUT2D eigenvalue weighted by Crippen LogP contribution is -2.51. The Morgan fingerprint density at radius 3 is 2.96 bits per heavy atom. The van der Waals surface area contributed by atoms with Gasteiger partial charge in [-0.05, 0) is 49.8 Å². The molecule has 5 nitrogen and oxygen atoms in total. The molecule has 2 heterocycles. The van der Waals surface area contributed by atoms with Gasteiger partial charge in [-0.3, -0.25) is 0 Å². The third-order valence-electron chi connectivity index (χ3n) is 6.42. The van der Waals surface area contributed by atoms with E-state index in [1.165, 1.54) is 31.4 Å². The fourth-order valence-corrected chi connectivity index (χ4v) is 5.01. The average molecular weight is 396 g/mol. The van der Waals surface area contributed by atoms with E-state index >= 15 is 0 Å². The summed E-state index contributed by atoms with van der Waals surface area (Å²) in [5, 5.41) is 7.59. The Bertz CT molecular complexity index is 582. The molecule has 0 spiro atoms. The summed E-state index contributed by atoms with van der Waals surface area (Å²) in [7, 11) is 1.76. The zero-order chi connectivity index (χ0) is 17.8. The highest BCUT2D eigenvalue weighted by Crippen LogP contribution is 2.33. The summed E-state index contributed by atoms with van der Waals surface area (Å²) >= 11 is 0. The summed E-state index contributed by atoms with van der Waals surface area (Å²) in [6, 6.07) is 9.57. The molecule has 1 saturated carbocycles. The molecule has 0 bridgehead atoms. The number of halogens is 1. The first-order valence-corrected chi connectivity index (χ1v) is 10.3. The van der Waals surface area contributed by atoms with Crippen LogP contribution < -0.4 is 20.3 Å². The van der Waals surface area contributed by atoms with Crippen molar-refractivity contribution >= 4 is 18.1 Å². The van der Waals surface area contributed by atoms with Crippen LogP contribution in [0.15, 0.2) is 24.3 Å². The van der Waals surface area contributed by atoms with Crippen LogP contribution in [0.3, 0.4) is 0 Å². The van der Waals surface area contributed by atoms with Gasteiger partial charge in [-0.1, -0.05) is 18.6 Å². The molecule has 2 N–H and O–H groups in total. The molecule has 27 heavy (non-hydrogen) atoms. The monoisotopic (exact) mass is 395 g/mol. The van der Waals surface area contributed by atoms with E-state index in [4.69, 9.17) is 9.47 Å². The molecule has 1 aliphatic carbocycles. The maximum absolute atomic E-state index is 5.70. The van der Waals surface area contributed by atoms with E-state index < -0.39 is 0 Å². The number of nitrogens with zero attached hydrogens (tertiary/aromatic N) is 1. The quantitative estimate of drug-likeness (QED) is 0.775. The molecule has 152 valence electrons. The lowest BCUT2D eigenvalue weighted by Gasteiger charge is -2.33. The number of ether oxygens (including phenoxy) is 2. The van der Waals surface area contributed by atoms with Crippen LogP contribution in [0, 0.1) is 11.8 Å². The highest BCUT2D eigenvalue weighted by molar-refractivity contribution is 5.85. The fraction of sp³-hybridized carbons (Fsp3) is 0.714. The third kappa shape index (κ3) is 4.89. The Balaban J connectivity index is 0.00000210. The number of para-hydroxylation sites is 2. The van der Waals surface area contributed by atoms with Gasteiger partial charge < -0.3 is 25.0 Å². The molecule has 0 radical (unpaired) electrons. The highest BCUT2D eigenvalue weighted by Gasteiger charge is 2.35. The van der Waals surface area contributed by atoms with Crippen molar-refractivity contribution in [2.45, 2.75) is 37.8 Å². The third-order valence-corrected chi connectivity index (χ3v) is 6.42. The SMILES string of the molecule is COc1ccccc1N1CCC(CNC2CCCC2C2COCCN2)C1.Cl. The molecular weight excluding hydrogens is 362 g/mol. The summed E-state index contributed by atoms with van der Waals surface area (Å²) in [6.07, 6.45) is 5.24. The van der Waals surface area contributed by atoms with Gasteiger partial charge in [0.1, 0.15) is 5.75 Å². The standard InChI is InChI=1S/C21H33N3O2.ClH/c1-25-21-8-3-2-7-20(21)24-11-9-16(14-24)13-23-18-6-4-5-17(18)19-15-26-12-10-22-19;/h2-3,7-8,16-19,22-23H,4-6,9-15H2,1H3;1H. The predicted molar refractivity (Wildman–Crippen MR) is 112 cm³/mol. The first kappa shape index (κ1) is 20.7. The van der Waals surface area contributed by atoms with E-state index in [2.05, 4.69) is 33.7 Å². The summed E-state index contributed by atoms with van der Waals surface area (Å²) in [4.78, 5) is 2.48. The zero-order valence-electron chi connectivity index (χ0n) is 16.4. The second-order valence-electron chi connectivity index (χ2n) is 8.02. The van der Waals surface area contributed by atoms with E-state index in [0.29, 0.717) is 12.1 Å². The normalized spacial score (nSPS) is 30.9. The Kier molecular flexibility index (Phi) is 7.65. The Morgan fingerprint density at radius 1 is 1.26 bits per heavy atom. The second kappa shape index (κ2) is 9.97. The molecule has 4 atom stereocenters. The van der Waals surface area contributed by atoms with Crippen LogP contribution in [0.5, 0.6) is 5.75 Å². The molecule has 1 aromatic carbocycles. The van der Waals surface area contributed by atoms with Gasteiger partial charge in [-0.2, -0.15) is 0 Å². The number of rotatable bonds is 6. The number of morpholine rings is 1. The predicted octanol–water partition coefficient (Wildman–Crippen LogP) is 2.69. The fourth-order valence-electron chi connectivity index (χ4n) is 5.01. The van der Waals surface area contributed by atoms with Crippen molar-refractivity contribution in [3.8, 4) is 5.75 Å². The minimum atomic E-state index is 0. The molecule has 0 aromatic heterocycles. The van der Waals surface area contributed by atoms with Gasteiger partial charge in [0.2, 0.25) is 0 Å². The smallest absolute Gasteiger partial charge is 0.142 e. The van der Waals surface area contributed by atoms with Crippen molar-refractivity contribution in [1.82, 2.24) is 10.6 Å². The van der Waals surface area contributed by atoms with Gasteiger partial charge >= 0.3 is 0 Å². The van der Waals surface area contributed by atoms with Gasteiger partial charge in [-0.25, -0.2) is 0 Å². The Morgan fingerprint density at radius 2 is 2.15 bits per heavy atom. The molecule has 4 unspecified atom stereocenters. The molecular formula is C21H34ClN3O2. The van der Waals surface area contributed by atoms with Crippen LogP contribution in [-0.4, -0.2) is 58.6 Å². The summed E-state index contributed by atoms with van der Waals surface area (Å²) in [5.41, 5.74) is 1.24. The molecule has 6 heteroatoms. The largest absolute Gasteiger partial charge is 0.495 e. The van der Waals surface area contributed by atoms with Crippen LogP contribution >= 0.6 is 12.4 Å². The zero-order valence-corrected chi connectivity index (χ0v) is 17.2. The van der Waals surface area contributed by atoms with Crippen molar-refractivity contribution in [3.05, 3.63) is 24.3 Å². The molecule has 2 aliphatic heterocycles. The van der Waals surface area contributed by atoms with Crippen LogP contribution in [-0.2, 0) is 4.74 Å². The van der Waals surface area contributed by atoms with Crippen LogP contribution in [0.1, 0.15) is 25.7 Å². The maximum atomic E-state index is 5.70. The van der Waals surface area contributed by atoms with Gasteiger partial charge in [0.15, 0.2) is 0 Å². The minimum absolute atomic E-state index is 0. The van der Waals surface area contributed by atoms with Crippen LogP contribution in [0.25, 0.3) is 0 Å². The van der Waals surface area contributed by atoms with Gasteiger partial charge in [0, 0.05) is 31.7 Å². The van der Waals surface area contributed by atoms with Gasteiger partial charge in [-0.15, -0.1) is 12.4 Å². The molecule has 4 rings (SSSR count). The number of benzene rings is 1. The number of anilines is 1. The summed E-state index contributed by atoms with van der Waals surface area (Å²) in [5.74, 6) is 2.43. The first-order chi connectivity index (χ1) is 12.8. The number of methoxy groups -OCH3 is 1. The van der Waals surface area contributed by atoms with Crippen molar-refractivity contribution in [2.24, 2.45) is 11.8 Å². The highest BCUT2D eigenvalue weighted by atomic mass is 35.5. The van der Waals surface area contributed by atoms with E-state index in [0.717, 1.165) is 57.0 Å². The first-order valence-electron chi connectivity index (χ1n) is 10.3. The topological polar surface area (TPSA) is 45.8 Å². The molecule has 0 amide bonds. The van der Waals surface area contributed by atoms with Crippen LogP contribution in [0.4, 0.5) is 5.69 Å². The summed E-state index contributed by atoms with van der Waals surface area (Å²) in [6.45, 7) is 6.12. The molecule has 2 saturated heterocycles. The lowest BCUT2D eigenvalue weighted by atomic mass is 9.93. The number of hydrogen-bond acceptors (Lipinski definition) is 5. The van der Waals surface area contributed by atoms with Crippen LogP contribution in [0.2, 0.25) is 0 Å². The number of hydrogen-bond donors (Lipinski definition) is 2. The van der Waals surface area contributed by atoms with E-state index in [9.17, 15) is 0 Å². The second-order valence-corrected chi connectivity index (χ2v) is 8.02. The maximum Gasteiger partial charge on any atom is 0.142 e. The summed E-state index contributed by atoms with van der Waals surface area (Å²) < 4.78 is 11.2. The molecule has 3 fully saturated rings. The van der Waals surface area contributed by atoms with E-state index in [1.807, 2.05) is 6.07 Å². The van der Waals surface area contributed by atoms with Gasteiger partial charge in [0.25, 0.3) is 0 Å². The van der Waals surface area contributed by atoms with Crippen molar-refractivity contribution in [2.75, 3.05) is 51.4 Å². The van der Waals surface area contributed by atoms with Crippen molar-refractivity contribution in [1.29, 1.82) is 0 Å². The Labute approximate surface area is 169 Å². The average Bonchev–Trinajstić information content (AvgIpc) is 3.36. The van der Waals surface area contributed by atoms with E-state index in [1.54, 1.807) is 7.11 Å². The lowest BCUT2D eigenvalue weighted by molar-refractivity contribution is 0.0523.